The molecule has 3 heterocycles. The molecular formula is C38H43F6N5O5. The van der Waals surface area contributed by atoms with Crippen molar-refractivity contribution < 1.29 is 50.2 Å². The highest BCUT2D eigenvalue weighted by atomic mass is 19.4. The smallest absolute Gasteiger partial charge is 0.416 e. The fourth-order valence-electron chi connectivity index (χ4n) is 7.47. The van der Waals surface area contributed by atoms with Crippen molar-refractivity contribution in [2.75, 3.05) is 59.0 Å². The SMILES string of the molecule is NCCCC[C@H]1C(=O)N(CCN2CCOCC2)C[C@@H]2N(C(=O)OCc3cc(C(F)(F)F)cc(C(F)(F)F)c3)C[C@@H](Cc3ccc4ccccc4c3)C(=O)N21. The van der Waals surface area contributed by atoms with Gasteiger partial charge in [0, 0.05) is 32.7 Å². The van der Waals surface area contributed by atoms with Gasteiger partial charge in [-0.15, -0.1) is 0 Å². The number of nitrogens with zero attached hydrogens (tertiary/aromatic N) is 4. The van der Waals surface area contributed by atoms with Gasteiger partial charge in [-0.05, 0) is 72.3 Å². The first-order valence-electron chi connectivity index (χ1n) is 18.0. The van der Waals surface area contributed by atoms with Crippen LogP contribution in [0.5, 0.6) is 0 Å². The Hall–Kier alpha value is -4.41. The van der Waals surface area contributed by atoms with E-state index >= 15 is 0 Å². The van der Waals surface area contributed by atoms with Crippen LogP contribution in [0.4, 0.5) is 31.1 Å². The minimum Gasteiger partial charge on any atom is -0.444 e. The lowest BCUT2D eigenvalue weighted by molar-refractivity contribution is -0.173. The summed E-state index contributed by atoms with van der Waals surface area (Å²) < 4.78 is 92.4. The van der Waals surface area contributed by atoms with Gasteiger partial charge in [0.1, 0.15) is 18.8 Å². The summed E-state index contributed by atoms with van der Waals surface area (Å²) >= 11 is 0. The van der Waals surface area contributed by atoms with Gasteiger partial charge in [-0.25, -0.2) is 4.79 Å². The summed E-state index contributed by atoms with van der Waals surface area (Å²) in [5.74, 6) is -1.43. The number of hydrogen-bond donors (Lipinski definition) is 1. The molecule has 0 radical (unpaired) electrons. The largest absolute Gasteiger partial charge is 0.444 e. The van der Waals surface area contributed by atoms with Gasteiger partial charge < -0.3 is 25.0 Å². The van der Waals surface area contributed by atoms with Gasteiger partial charge >= 0.3 is 18.4 Å². The molecule has 16 heteroatoms. The van der Waals surface area contributed by atoms with Gasteiger partial charge in [0.2, 0.25) is 11.8 Å². The highest BCUT2D eigenvalue weighted by Gasteiger charge is 2.52. The number of rotatable bonds is 11. The first-order valence-corrected chi connectivity index (χ1v) is 18.0. The number of nitrogens with two attached hydrogens (primary N) is 1. The van der Waals surface area contributed by atoms with Crippen molar-refractivity contribution in [1.82, 2.24) is 19.6 Å². The van der Waals surface area contributed by atoms with Crippen LogP contribution < -0.4 is 5.73 Å². The molecule has 0 aromatic heterocycles. The highest BCUT2D eigenvalue weighted by molar-refractivity contribution is 5.92. The van der Waals surface area contributed by atoms with Crippen LogP contribution in [-0.4, -0.2) is 109 Å². The number of morpholine rings is 1. The molecule has 3 aliphatic heterocycles. The number of halogens is 6. The molecule has 2 N–H and O–H groups in total. The molecule has 3 aromatic rings. The third kappa shape index (κ3) is 9.09. The van der Waals surface area contributed by atoms with E-state index in [9.17, 15) is 40.7 Å². The Kier molecular flexibility index (Phi) is 12.0. The number of carbonyl (C=O) groups excluding carboxylic acids is 3. The maximum absolute atomic E-state index is 14.5. The van der Waals surface area contributed by atoms with E-state index in [1.165, 1.54) is 9.80 Å². The van der Waals surface area contributed by atoms with Gasteiger partial charge in [-0.1, -0.05) is 42.5 Å². The molecule has 6 rings (SSSR count). The lowest BCUT2D eigenvalue weighted by Gasteiger charge is -2.53. The molecule has 3 fully saturated rings. The van der Waals surface area contributed by atoms with Gasteiger partial charge in [0.05, 0.1) is 36.8 Å². The average Bonchev–Trinajstić information content (AvgIpc) is 3.14. The second-order valence-electron chi connectivity index (χ2n) is 14.0. The number of fused-ring (bicyclic) bond motifs is 2. The Balaban J connectivity index is 1.31. The summed E-state index contributed by atoms with van der Waals surface area (Å²) in [6, 6.07) is 13.5. The van der Waals surface area contributed by atoms with E-state index in [4.69, 9.17) is 15.2 Å². The minimum atomic E-state index is -5.08. The third-order valence-corrected chi connectivity index (χ3v) is 10.3. The van der Waals surface area contributed by atoms with Crippen molar-refractivity contribution in [2.24, 2.45) is 11.7 Å². The highest BCUT2D eigenvalue weighted by Crippen LogP contribution is 2.37. The Morgan fingerprint density at radius 1 is 0.815 bits per heavy atom. The van der Waals surface area contributed by atoms with Crippen molar-refractivity contribution >= 4 is 28.7 Å². The van der Waals surface area contributed by atoms with Crippen molar-refractivity contribution in [3.63, 3.8) is 0 Å². The second-order valence-corrected chi connectivity index (χ2v) is 14.0. The van der Waals surface area contributed by atoms with Crippen molar-refractivity contribution in [3.8, 4) is 0 Å². The van der Waals surface area contributed by atoms with E-state index in [0.29, 0.717) is 70.9 Å². The monoisotopic (exact) mass is 763 g/mol. The summed E-state index contributed by atoms with van der Waals surface area (Å²) in [5.41, 5.74) is 3.00. The number of alkyl halides is 6. The minimum absolute atomic E-state index is 0.00613. The van der Waals surface area contributed by atoms with Crippen LogP contribution in [0.1, 0.15) is 41.5 Å². The van der Waals surface area contributed by atoms with Gasteiger partial charge in [-0.3, -0.25) is 19.4 Å². The first kappa shape index (κ1) is 39.3. The third-order valence-electron chi connectivity index (χ3n) is 10.3. The number of ether oxygens (including phenoxy) is 2. The summed E-state index contributed by atoms with van der Waals surface area (Å²) in [6.45, 7) is 2.56. The van der Waals surface area contributed by atoms with Crippen LogP contribution in [0.3, 0.4) is 0 Å². The standard InChI is InChI=1S/C38H43F6N5O5/c39-37(40,41)30-19-26(20-31(21-30)38(42,43)44)24-54-36(52)48-22-29(18-25-8-9-27-5-1-2-6-28(27)17-25)34(50)49-32(7-3-4-10-45)35(51)47(23-33(48)49)12-11-46-13-15-53-16-14-46/h1-2,5-6,8-9,17,19-21,29,32-33H,3-4,7,10-16,18,22-24,45H2/t29-,32+,33-/m1/s1. The molecule has 3 aromatic carbocycles. The molecule has 3 saturated heterocycles. The number of amides is 3. The number of hydrogen-bond acceptors (Lipinski definition) is 7. The van der Waals surface area contributed by atoms with Gasteiger partial charge in [0.15, 0.2) is 0 Å². The van der Waals surface area contributed by atoms with Crippen LogP contribution in [0, 0.1) is 5.92 Å². The zero-order valence-corrected chi connectivity index (χ0v) is 29.6. The number of benzene rings is 3. The Bertz CT molecular complexity index is 1780. The fraction of sp³-hybridized carbons (Fsp3) is 0.500. The molecule has 3 amide bonds. The summed E-state index contributed by atoms with van der Waals surface area (Å²) in [4.78, 5) is 49.1. The summed E-state index contributed by atoms with van der Waals surface area (Å²) in [6.07, 6.45) is -10.6. The van der Waals surface area contributed by atoms with Crippen LogP contribution in [0.2, 0.25) is 0 Å². The Morgan fingerprint density at radius 3 is 2.17 bits per heavy atom. The fourth-order valence-corrected chi connectivity index (χ4v) is 7.47. The van der Waals surface area contributed by atoms with E-state index in [1.54, 1.807) is 4.90 Å². The summed E-state index contributed by atoms with van der Waals surface area (Å²) in [5, 5.41) is 1.93. The predicted molar refractivity (Wildman–Crippen MR) is 186 cm³/mol. The van der Waals surface area contributed by atoms with Gasteiger partial charge in [0.25, 0.3) is 0 Å². The van der Waals surface area contributed by atoms with E-state index in [-0.39, 0.29) is 43.8 Å². The van der Waals surface area contributed by atoms with E-state index in [2.05, 4.69) is 4.90 Å². The van der Waals surface area contributed by atoms with Crippen molar-refractivity contribution in [3.05, 3.63) is 82.9 Å². The topological polar surface area (TPSA) is 109 Å². The van der Waals surface area contributed by atoms with Crippen LogP contribution in [-0.2, 0) is 44.4 Å². The van der Waals surface area contributed by atoms with Crippen molar-refractivity contribution in [2.45, 2.75) is 56.9 Å². The summed E-state index contributed by atoms with van der Waals surface area (Å²) in [7, 11) is 0. The maximum atomic E-state index is 14.5. The maximum Gasteiger partial charge on any atom is 0.416 e. The molecule has 0 saturated carbocycles. The molecule has 3 aliphatic rings. The lowest BCUT2D eigenvalue weighted by Crippen LogP contribution is -2.73. The van der Waals surface area contributed by atoms with Crippen LogP contribution in [0.25, 0.3) is 10.8 Å². The molecule has 3 atom stereocenters. The molecule has 54 heavy (non-hydrogen) atoms. The Morgan fingerprint density at radius 2 is 1.50 bits per heavy atom. The zero-order valence-electron chi connectivity index (χ0n) is 29.6. The molecule has 10 nitrogen and oxygen atoms in total. The van der Waals surface area contributed by atoms with Gasteiger partial charge in [-0.2, -0.15) is 26.3 Å². The number of carbonyl (C=O) groups is 3. The van der Waals surface area contributed by atoms with Crippen LogP contribution in [0.15, 0.2) is 60.7 Å². The number of unbranched alkanes of at least 4 members (excludes halogenated alkanes) is 1. The quantitative estimate of drug-likeness (QED) is 0.203. The molecule has 0 aliphatic carbocycles. The van der Waals surface area contributed by atoms with Crippen molar-refractivity contribution in [1.29, 1.82) is 0 Å². The molecular weight excluding hydrogens is 720 g/mol. The second kappa shape index (κ2) is 16.5. The number of piperazine rings is 1. The predicted octanol–water partition coefficient (Wildman–Crippen LogP) is 5.52. The molecule has 0 spiro atoms. The molecule has 0 bridgehead atoms. The first-order chi connectivity index (χ1) is 25.7. The Labute approximate surface area is 308 Å². The van der Waals surface area contributed by atoms with E-state index in [1.807, 2.05) is 42.5 Å². The lowest BCUT2D eigenvalue weighted by atomic mass is 9.90. The zero-order chi connectivity index (χ0) is 38.6. The van der Waals surface area contributed by atoms with Crippen LogP contribution >= 0.6 is 0 Å². The molecule has 0 unspecified atom stereocenters. The van der Waals surface area contributed by atoms with E-state index < -0.39 is 59.9 Å². The van der Waals surface area contributed by atoms with E-state index in [0.717, 1.165) is 16.3 Å². The molecule has 292 valence electrons. The average molecular weight is 764 g/mol. The normalized spacial score (nSPS) is 21.5.